The molecule has 0 aliphatic rings. The van der Waals surface area contributed by atoms with Gasteiger partial charge in [-0.25, -0.2) is 0 Å². The predicted molar refractivity (Wildman–Crippen MR) is 265 cm³/mol. The summed E-state index contributed by atoms with van der Waals surface area (Å²) in [6.45, 7) is 6.51. The Morgan fingerprint density at radius 2 is 0.629 bits per heavy atom. The lowest BCUT2D eigenvalue weighted by molar-refractivity contribution is -0.167. The Balaban J connectivity index is 4.33. The van der Waals surface area contributed by atoms with Gasteiger partial charge in [-0.3, -0.25) is 14.4 Å². The molecular weight excluding hydrogens is 769 g/mol. The molecule has 62 heavy (non-hydrogen) atoms. The van der Waals surface area contributed by atoms with Crippen molar-refractivity contribution in [1.82, 2.24) is 0 Å². The molecule has 0 saturated carbocycles. The van der Waals surface area contributed by atoms with Gasteiger partial charge in [0.1, 0.15) is 13.2 Å². The van der Waals surface area contributed by atoms with Crippen LogP contribution in [-0.4, -0.2) is 37.2 Å². The van der Waals surface area contributed by atoms with Gasteiger partial charge >= 0.3 is 17.9 Å². The van der Waals surface area contributed by atoms with Gasteiger partial charge in [0.2, 0.25) is 0 Å². The van der Waals surface area contributed by atoms with E-state index in [0.717, 1.165) is 109 Å². The molecule has 0 radical (unpaired) electrons. The lowest BCUT2D eigenvalue weighted by atomic mass is 10.0. The quantitative estimate of drug-likeness (QED) is 0.0262. The fraction of sp³-hybridized carbons (Fsp3) is 0.768. The Kier molecular flexibility index (Phi) is 48.4. The summed E-state index contributed by atoms with van der Waals surface area (Å²) in [7, 11) is 0. The number of hydrogen-bond donors (Lipinski definition) is 0. The number of carbonyl (C=O) groups is 3. The van der Waals surface area contributed by atoms with Crippen molar-refractivity contribution in [2.45, 2.75) is 264 Å². The third-order valence-electron chi connectivity index (χ3n) is 11.3. The van der Waals surface area contributed by atoms with Crippen LogP contribution in [0.25, 0.3) is 0 Å². The van der Waals surface area contributed by atoms with Gasteiger partial charge in [-0.1, -0.05) is 236 Å². The lowest BCUT2D eigenvalue weighted by Gasteiger charge is -2.18. The van der Waals surface area contributed by atoms with Gasteiger partial charge in [0.25, 0.3) is 0 Å². The molecular formula is C56H98O6. The maximum Gasteiger partial charge on any atom is 0.306 e. The fourth-order valence-electron chi connectivity index (χ4n) is 7.35. The highest BCUT2D eigenvalue weighted by Gasteiger charge is 2.19. The lowest BCUT2D eigenvalue weighted by Crippen LogP contribution is -2.30. The molecule has 0 aromatic heterocycles. The molecule has 0 N–H and O–H groups in total. The van der Waals surface area contributed by atoms with Crippen LogP contribution < -0.4 is 0 Å². The first-order valence-corrected chi connectivity index (χ1v) is 26.3. The molecule has 0 aromatic rings. The maximum atomic E-state index is 12.8. The van der Waals surface area contributed by atoms with Crippen molar-refractivity contribution in [3.8, 4) is 0 Å². The van der Waals surface area contributed by atoms with Crippen molar-refractivity contribution in [3.63, 3.8) is 0 Å². The summed E-state index contributed by atoms with van der Waals surface area (Å²) in [5.74, 6) is -0.891. The van der Waals surface area contributed by atoms with Gasteiger partial charge in [0.05, 0.1) is 0 Å². The molecule has 358 valence electrons. The zero-order chi connectivity index (χ0) is 45.1. The highest BCUT2D eigenvalue weighted by Crippen LogP contribution is 2.15. The van der Waals surface area contributed by atoms with Crippen molar-refractivity contribution in [2.75, 3.05) is 13.2 Å². The molecule has 0 bridgehead atoms. The van der Waals surface area contributed by atoms with Crippen LogP contribution in [0.4, 0.5) is 0 Å². The van der Waals surface area contributed by atoms with E-state index in [-0.39, 0.29) is 31.1 Å². The zero-order valence-electron chi connectivity index (χ0n) is 40.9. The van der Waals surface area contributed by atoms with E-state index in [9.17, 15) is 14.4 Å². The number of esters is 3. The van der Waals surface area contributed by atoms with Crippen molar-refractivity contribution >= 4 is 17.9 Å². The van der Waals surface area contributed by atoms with Crippen LogP contribution in [0.2, 0.25) is 0 Å². The Labute approximate surface area is 383 Å². The maximum absolute atomic E-state index is 12.8. The summed E-state index contributed by atoms with van der Waals surface area (Å²) < 4.78 is 16.8. The van der Waals surface area contributed by atoms with Crippen LogP contribution in [0.5, 0.6) is 0 Å². The molecule has 1 atom stereocenters. The van der Waals surface area contributed by atoms with E-state index < -0.39 is 6.10 Å². The number of unbranched alkanes of at least 4 members (excludes halogenated alkanes) is 26. The third-order valence-corrected chi connectivity index (χ3v) is 11.3. The monoisotopic (exact) mass is 867 g/mol. The first-order valence-electron chi connectivity index (χ1n) is 26.3. The van der Waals surface area contributed by atoms with E-state index in [0.29, 0.717) is 19.3 Å². The topological polar surface area (TPSA) is 78.9 Å². The highest BCUT2D eigenvalue weighted by atomic mass is 16.6. The summed E-state index contributed by atoms with van der Waals surface area (Å²) in [6.07, 6.45) is 62.0. The fourth-order valence-corrected chi connectivity index (χ4v) is 7.35. The van der Waals surface area contributed by atoms with E-state index >= 15 is 0 Å². The molecule has 0 rings (SSSR count). The molecule has 0 aliphatic heterocycles. The standard InChI is InChI=1S/C56H98O6/c1-4-7-10-13-16-19-22-24-25-26-27-28-29-30-31-33-34-37-40-43-46-49-55(58)61-52-53(51-60-54(57)48-45-42-39-36-21-18-15-12-9-6-3)62-56(59)50-47-44-41-38-35-32-23-20-17-14-11-8-5-2/h7,10,16,19,24-25,27-28,30-31,53H,4-6,8-9,11-15,17-18,20-23,26,29,32-52H2,1-3H3/b10-7-,19-16-,25-24-,28-27-,31-30-. The summed E-state index contributed by atoms with van der Waals surface area (Å²) >= 11 is 0. The second-order valence-corrected chi connectivity index (χ2v) is 17.4. The van der Waals surface area contributed by atoms with Crippen LogP contribution in [0.15, 0.2) is 60.8 Å². The average Bonchev–Trinajstić information content (AvgIpc) is 3.27. The number of rotatable bonds is 47. The summed E-state index contributed by atoms with van der Waals surface area (Å²) in [5.41, 5.74) is 0. The predicted octanol–water partition coefficient (Wildman–Crippen LogP) is 17.3. The van der Waals surface area contributed by atoms with Crippen molar-refractivity contribution in [2.24, 2.45) is 0 Å². The summed E-state index contributed by atoms with van der Waals surface area (Å²) in [4.78, 5) is 37.9. The smallest absolute Gasteiger partial charge is 0.306 e. The van der Waals surface area contributed by atoms with E-state index in [1.54, 1.807) is 0 Å². The Morgan fingerprint density at radius 3 is 0.984 bits per heavy atom. The molecule has 0 fully saturated rings. The Bertz CT molecular complexity index is 1130. The number of allylic oxidation sites excluding steroid dienone is 10. The number of ether oxygens (including phenoxy) is 3. The van der Waals surface area contributed by atoms with E-state index in [2.05, 4.69) is 81.5 Å². The number of carbonyl (C=O) groups excluding carboxylic acids is 3. The van der Waals surface area contributed by atoms with Gasteiger partial charge in [-0.15, -0.1) is 0 Å². The molecule has 0 spiro atoms. The molecule has 0 saturated heterocycles. The van der Waals surface area contributed by atoms with Crippen molar-refractivity contribution in [3.05, 3.63) is 60.8 Å². The summed E-state index contributed by atoms with van der Waals surface area (Å²) in [5, 5.41) is 0. The van der Waals surface area contributed by atoms with Crippen molar-refractivity contribution < 1.29 is 28.6 Å². The van der Waals surface area contributed by atoms with Gasteiger partial charge in [0, 0.05) is 19.3 Å². The highest BCUT2D eigenvalue weighted by molar-refractivity contribution is 5.71. The second-order valence-electron chi connectivity index (χ2n) is 17.4. The van der Waals surface area contributed by atoms with Crippen LogP contribution >= 0.6 is 0 Å². The minimum atomic E-state index is -0.777. The first-order chi connectivity index (χ1) is 30.5. The van der Waals surface area contributed by atoms with E-state index in [4.69, 9.17) is 14.2 Å². The summed E-state index contributed by atoms with van der Waals surface area (Å²) in [6, 6.07) is 0. The normalized spacial score (nSPS) is 12.5. The van der Waals surface area contributed by atoms with Crippen LogP contribution in [-0.2, 0) is 28.6 Å². The minimum absolute atomic E-state index is 0.0773. The average molecular weight is 867 g/mol. The van der Waals surface area contributed by atoms with Crippen LogP contribution in [0.3, 0.4) is 0 Å². The third kappa shape index (κ3) is 48.1. The van der Waals surface area contributed by atoms with E-state index in [1.165, 1.54) is 109 Å². The van der Waals surface area contributed by atoms with Gasteiger partial charge < -0.3 is 14.2 Å². The molecule has 0 amide bonds. The molecule has 6 nitrogen and oxygen atoms in total. The van der Waals surface area contributed by atoms with Gasteiger partial charge in [0.15, 0.2) is 6.10 Å². The van der Waals surface area contributed by atoms with E-state index in [1.807, 2.05) is 0 Å². The van der Waals surface area contributed by atoms with Crippen molar-refractivity contribution in [1.29, 1.82) is 0 Å². The van der Waals surface area contributed by atoms with Crippen LogP contribution in [0, 0.1) is 0 Å². The zero-order valence-corrected chi connectivity index (χ0v) is 40.9. The Hall–Kier alpha value is -2.89. The molecule has 1 unspecified atom stereocenters. The first kappa shape index (κ1) is 59.1. The molecule has 0 aromatic carbocycles. The number of hydrogen-bond acceptors (Lipinski definition) is 6. The van der Waals surface area contributed by atoms with Crippen LogP contribution in [0.1, 0.15) is 258 Å². The minimum Gasteiger partial charge on any atom is -0.462 e. The Morgan fingerprint density at radius 1 is 0.339 bits per heavy atom. The molecule has 0 aliphatic carbocycles. The molecule has 0 heterocycles. The SMILES string of the molecule is CC/C=C\C/C=C\C/C=C\C/C=C\C/C=C\CCCCCCCC(=O)OCC(COC(=O)CCCCCCCCCCCC)OC(=O)CCCCCCCCCCCCCCC. The van der Waals surface area contributed by atoms with Gasteiger partial charge in [-0.2, -0.15) is 0 Å². The largest absolute Gasteiger partial charge is 0.462 e. The van der Waals surface area contributed by atoms with Gasteiger partial charge in [-0.05, 0) is 64.2 Å². The second kappa shape index (κ2) is 50.8. The molecule has 6 heteroatoms.